The molecule has 1 fully saturated rings. The van der Waals surface area contributed by atoms with Gasteiger partial charge in [-0.25, -0.2) is 4.39 Å². The highest BCUT2D eigenvalue weighted by Gasteiger charge is 2.27. The van der Waals surface area contributed by atoms with Gasteiger partial charge in [0.2, 0.25) is 0 Å². The Morgan fingerprint density at radius 2 is 2.33 bits per heavy atom. The molecule has 1 saturated heterocycles. The van der Waals surface area contributed by atoms with Gasteiger partial charge in [-0.3, -0.25) is 4.90 Å². The number of likely N-dealkylation sites (tertiary alicyclic amines) is 1. The van der Waals surface area contributed by atoms with Crippen molar-refractivity contribution in [3.05, 3.63) is 29.6 Å². The quantitative estimate of drug-likeness (QED) is 0.778. The Labute approximate surface area is 115 Å². The van der Waals surface area contributed by atoms with Crippen molar-refractivity contribution in [2.24, 2.45) is 0 Å². The predicted molar refractivity (Wildman–Crippen MR) is 72.9 cm³/mol. The van der Waals surface area contributed by atoms with E-state index in [0.29, 0.717) is 4.83 Å². The van der Waals surface area contributed by atoms with E-state index in [1.807, 2.05) is 0 Å². The van der Waals surface area contributed by atoms with Crippen molar-refractivity contribution < 1.29 is 9.13 Å². The summed E-state index contributed by atoms with van der Waals surface area (Å²) in [6, 6.07) is 4.81. The molecular weight excluding hydrogens is 297 g/mol. The Morgan fingerprint density at radius 1 is 1.44 bits per heavy atom. The molecule has 4 heteroatoms. The van der Waals surface area contributed by atoms with E-state index >= 15 is 0 Å². The first kappa shape index (κ1) is 12.4. The summed E-state index contributed by atoms with van der Waals surface area (Å²) in [6.45, 7) is 3.18. The molecule has 2 nitrogen and oxygen atoms in total. The summed E-state index contributed by atoms with van der Waals surface area (Å²) >= 11 is 3.68. The molecule has 0 saturated carbocycles. The minimum absolute atomic E-state index is 0.170. The average molecular weight is 314 g/mol. The van der Waals surface area contributed by atoms with E-state index in [1.54, 1.807) is 12.1 Å². The van der Waals surface area contributed by atoms with Gasteiger partial charge >= 0.3 is 0 Å². The SMILES string of the molecule is Fc1ccc2c(c1)CC(CN1CCCC(Br)C1)O2. The second-order valence-corrected chi connectivity index (χ2v) is 6.49. The Bertz CT molecular complexity index is 440. The van der Waals surface area contributed by atoms with Crippen LogP contribution in [0.2, 0.25) is 0 Å². The zero-order chi connectivity index (χ0) is 12.5. The van der Waals surface area contributed by atoms with Crippen molar-refractivity contribution in [3.8, 4) is 5.75 Å². The van der Waals surface area contributed by atoms with Gasteiger partial charge in [-0.1, -0.05) is 15.9 Å². The molecule has 1 aromatic rings. The molecule has 0 aliphatic carbocycles. The van der Waals surface area contributed by atoms with Crippen LogP contribution in [-0.4, -0.2) is 35.5 Å². The van der Waals surface area contributed by atoms with Crippen LogP contribution >= 0.6 is 15.9 Å². The molecule has 0 aromatic heterocycles. The minimum atomic E-state index is -0.170. The molecule has 1 aromatic carbocycles. The number of hydrogen-bond acceptors (Lipinski definition) is 2. The largest absolute Gasteiger partial charge is 0.488 e. The number of piperidine rings is 1. The zero-order valence-electron chi connectivity index (χ0n) is 10.2. The smallest absolute Gasteiger partial charge is 0.123 e. The van der Waals surface area contributed by atoms with Gasteiger partial charge in [0.15, 0.2) is 0 Å². The van der Waals surface area contributed by atoms with Crippen molar-refractivity contribution in [1.82, 2.24) is 4.90 Å². The van der Waals surface area contributed by atoms with Gasteiger partial charge in [-0.2, -0.15) is 0 Å². The van der Waals surface area contributed by atoms with Crippen LogP contribution in [0.3, 0.4) is 0 Å². The Morgan fingerprint density at radius 3 is 3.17 bits per heavy atom. The Hall–Kier alpha value is -0.610. The van der Waals surface area contributed by atoms with E-state index in [4.69, 9.17) is 4.74 Å². The van der Waals surface area contributed by atoms with Crippen molar-refractivity contribution >= 4 is 15.9 Å². The Balaban J connectivity index is 1.60. The molecule has 2 atom stereocenters. The molecule has 2 heterocycles. The zero-order valence-corrected chi connectivity index (χ0v) is 11.8. The van der Waals surface area contributed by atoms with Gasteiger partial charge in [0, 0.05) is 29.9 Å². The van der Waals surface area contributed by atoms with Crippen molar-refractivity contribution in [2.45, 2.75) is 30.2 Å². The number of fused-ring (bicyclic) bond motifs is 1. The van der Waals surface area contributed by atoms with E-state index in [1.165, 1.54) is 18.9 Å². The van der Waals surface area contributed by atoms with E-state index in [-0.39, 0.29) is 11.9 Å². The summed E-state index contributed by atoms with van der Waals surface area (Å²) < 4.78 is 19.0. The van der Waals surface area contributed by atoms with E-state index in [0.717, 1.165) is 37.4 Å². The lowest BCUT2D eigenvalue weighted by molar-refractivity contribution is 0.137. The summed E-state index contributed by atoms with van der Waals surface area (Å²) in [5.74, 6) is 0.685. The molecule has 98 valence electrons. The van der Waals surface area contributed by atoms with Crippen molar-refractivity contribution in [1.29, 1.82) is 0 Å². The van der Waals surface area contributed by atoms with E-state index < -0.39 is 0 Å². The summed E-state index contributed by atoms with van der Waals surface area (Å²) in [7, 11) is 0. The molecule has 0 N–H and O–H groups in total. The first-order valence-electron chi connectivity index (χ1n) is 6.52. The highest BCUT2D eigenvalue weighted by atomic mass is 79.9. The summed E-state index contributed by atoms with van der Waals surface area (Å²) in [6.07, 6.45) is 3.51. The van der Waals surface area contributed by atoms with Gasteiger partial charge in [-0.05, 0) is 37.6 Å². The molecular formula is C14H17BrFNO. The maximum absolute atomic E-state index is 13.1. The third kappa shape index (κ3) is 2.69. The minimum Gasteiger partial charge on any atom is -0.488 e. The number of hydrogen-bond donors (Lipinski definition) is 0. The molecule has 2 unspecified atom stereocenters. The fraction of sp³-hybridized carbons (Fsp3) is 0.571. The topological polar surface area (TPSA) is 12.5 Å². The summed E-state index contributed by atoms with van der Waals surface area (Å²) in [5, 5.41) is 0. The Kier molecular flexibility index (Phi) is 3.57. The lowest BCUT2D eigenvalue weighted by Gasteiger charge is -2.31. The number of benzene rings is 1. The predicted octanol–water partition coefficient (Wildman–Crippen LogP) is 2.99. The van der Waals surface area contributed by atoms with Crippen LogP contribution in [-0.2, 0) is 6.42 Å². The monoisotopic (exact) mass is 313 g/mol. The lowest BCUT2D eigenvalue weighted by atomic mass is 10.1. The van der Waals surface area contributed by atoms with Gasteiger partial charge in [0.1, 0.15) is 17.7 Å². The van der Waals surface area contributed by atoms with E-state index in [2.05, 4.69) is 20.8 Å². The molecule has 2 aliphatic rings. The van der Waals surface area contributed by atoms with Crippen LogP contribution in [0.4, 0.5) is 4.39 Å². The standard InChI is InChI=1S/C14H17BrFNO/c15-11-2-1-5-17(8-11)9-13-7-10-6-12(16)3-4-14(10)18-13/h3-4,6,11,13H,1-2,5,7-9H2. The summed E-state index contributed by atoms with van der Waals surface area (Å²) in [5.41, 5.74) is 1.01. The van der Waals surface area contributed by atoms with Gasteiger partial charge in [-0.15, -0.1) is 0 Å². The third-order valence-corrected chi connectivity index (χ3v) is 4.42. The number of nitrogens with zero attached hydrogens (tertiary/aromatic N) is 1. The number of alkyl halides is 1. The number of rotatable bonds is 2. The third-order valence-electron chi connectivity index (χ3n) is 3.67. The number of ether oxygens (including phenoxy) is 1. The molecule has 0 radical (unpaired) electrons. The first-order valence-corrected chi connectivity index (χ1v) is 7.44. The van der Waals surface area contributed by atoms with Gasteiger partial charge in [0.25, 0.3) is 0 Å². The number of halogens is 2. The molecule has 3 rings (SSSR count). The highest BCUT2D eigenvalue weighted by Crippen LogP contribution is 2.30. The van der Waals surface area contributed by atoms with E-state index in [9.17, 15) is 4.39 Å². The maximum atomic E-state index is 13.1. The summed E-state index contributed by atoms with van der Waals surface area (Å²) in [4.78, 5) is 3.04. The fourth-order valence-corrected chi connectivity index (χ4v) is 3.58. The lowest BCUT2D eigenvalue weighted by Crippen LogP contribution is -2.41. The maximum Gasteiger partial charge on any atom is 0.123 e. The van der Waals surface area contributed by atoms with Gasteiger partial charge in [0.05, 0.1) is 0 Å². The van der Waals surface area contributed by atoms with Crippen LogP contribution in [0, 0.1) is 5.82 Å². The average Bonchev–Trinajstić information content (AvgIpc) is 2.70. The molecule has 18 heavy (non-hydrogen) atoms. The first-order chi connectivity index (χ1) is 8.70. The molecule has 0 bridgehead atoms. The van der Waals surface area contributed by atoms with Crippen LogP contribution in [0.15, 0.2) is 18.2 Å². The van der Waals surface area contributed by atoms with Crippen LogP contribution in [0.1, 0.15) is 18.4 Å². The van der Waals surface area contributed by atoms with Crippen molar-refractivity contribution in [3.63, 3.8) is 0 Å². The second-order valence-electron chi connectivity index (χ2n) is 5.20. The van der Waals surface area contributed by atoms with Crippen LogP contribution in [0.25, 0.3) is 0 Å². The van der Waals surface area contributed by atoms with Crippen LogP contribution in [0.5, 0.6) is 5.75 Å². The molecule has 0 spiro atoms. The van der Waals surface area contributed by atoms with Gasteiger partial charge < -0.3 is 4.74 Å². The second kappa shape index (κ2) is 5.17. The van der Waals surface area contributed by atoms with Crippen LogP contribution < -0.4 is 4.74 Å². The molecule has 0 amide bonds. The highest BCUT2D eigenvalue weighted by molar-refractivity contribution is 9.09. The normalized spacial score (nSPS) is 27.9. The fourth-order valence-electron chi connectivity index (χ4n) is 2.84. The van der Waals surface area contributed by atoms with Crippen molar-refractivity contribution in [2.75, 3.05) is 19.6 Å². The molecule has 2 aliphatic heterocycles.